The van der Waals surface area contributed by atoms with E-state index >= 15 is 0 Å². The Kier molecular flexibility index (Phi) is 7.72. The highest BCUT2D eigenvalue weighted by Crippen LogP contribution is 2.36. The second-order valence-electron chi connectivity index (χ2n) is 7.12. The molecule has 0 saturated carbocycles. The number of hydrogen-bond donors (Lipinski definition) is 7. The molecule has 0 aromatic heterocycles. The monoisotopic (exact) mass is 412 g/mol. The Morgan fingerprint density at radius 2 is 1.61 bits per heavy atom. The Morgan fingerprint density at radius 1 is 1.00 bits per heavy atom. The molecule has 2 aliphatic rings. The van der Waals surface area contributed by atoms with Crippen molar-refractivity contribution in [3.05, 3.63) is 0 Å². The molecule has 7 N–H and O–H groups in total. The fraction of sp³-hybridized carbons (Fsp3) is 0.938. The number of carbonyl (C=O) groups excluding carboxylic acids is 1. The van der Waals surface area contributed by atoms with Crippen molar-refractivity contribution in [3.63, 3.8) is 0 Å². The molecule has 1 unspecified atom stereocenters. The summed E-state index contributed by atoms with van der Waals surface area (Å²) in [4.78, 5) is 11.8. The molecule has 2 fully saturated rings. The van der Waals surface area contributed by atoms with Crippen LogP contribution in [0.25, 0.3) is 0 Å². The highest BCUT2D eigenvalue weighted by molar-refractivity contribution is 5.71. The van der Waals surface area contributed by atoms with Gasteiger partial charge in [-0.1, -0.05) is 13.8 Å². The van der Waals surface area contributed by atoms with E-state index in [4.69, 9.17) is 18.9 Å². The number of aliphatic hydroxyl groups excluding tert-OH is 7. The average molecular weight is 412 g/mol. The van der Waals surface area contributed by atoms with Gasteiger partial charge in [0.05, 0.1) is 19.1 Å². The highest BCUT2D eigenvalue weighted by Gasteiger charge is 2.58. The van der Waals surface area contributed by atoms with E-state index in [2.05, 4.69) is 0 Å². The van der Waals surface area contributed by atoms with Gasteiger partial charge < -0.3 is 54.7 Å². The lowest BCUT2D eigenvalue weighted by atomic mass is 9.98. The minimum atomic E-state index is -2.26. The molecule has 2 heterocycles. The minimum absolute atomic E-state index is 0.533. The number of hydrogen-bond acceptors (Lipinski definition) is 12. The molecule has 164 valence electrons. The number of ether oxygens (including phenoxy) is 4. The summed E-state index contributed by atoms with van der Waals surface area (Å²) in [6, 6.07) is 0. The fourth-order valence-corrected chi connectivity index (χ4v) is 3.03. The maximum absolute atomic E-state index is 11.8. The lowest BCUT2D eigenvalue weighted by molar-refractivity contribution is -0.383. The summed E-state index contributed by atoms with van der Waals surface area (Å²) in [6.07, 6.45) is -12.7. The Hall–Kier alpha value is -0.930. The normalized spacial score (nSPS) is 44.1. The second kappa shape index (κ2) is 9.26. The molecule has 0 bridgehead atoms. The molecule has 9 atom stereocenters. The molecule has 0 aromatic rings. The molecule has 0 amide bonds. The maximum Gasteiger partial charge on any atom is 0.308 e. The lowest BCUT2D eigenvalue weighted by Gasteiger charge is -2.44. The van der Waals surface area contributed by atoms with E-state index < -0.39 is 86.5 Å². The zero-order valence-corrected chi connectivity index (χ0v) is 15.5. The first-order valence-electron chi connectivity index (χ1n) is 8.88. The third-order valence-electron chi connectivity index (χ3n) is 4.77. The van der Waals surface area contributed by atoms with E-state index in [1.54, 1.807) is 13.8 Å². The summed E-state index contributed by atoms with van der Waals surface area (Å²) in [5, 5.41) is 69.0. The third-order valence-corrected chi connectivity index (χ3v) is 4.77. The van der Waals surface area contributed by atoms with E-state index in [9.17, 15) is 40.5 Å². The molecule has 12 nitrogen and oxygen atoms in total. The van der Waals surface area contributed by atoms with Gasteiger partial charge in [-0.15, -0.1) is 0 Å². The summed E-state index contributed by atoms with van der Waals surface area (Å²) in [6.45, 7) is 0.729. The number of carbonyl (C=O) groups is 1. The SMILES string of the molecule is CC(C)C(=O)O[C@H]1[C@H](O)[C@@H](O)[C@@H](OC2(CO)O[C@H](CO)[C@@H](O)[C@@H]2O)O[C@@H]1CO. The first-order chi connectivity index (χ1) is 13.1. The Bertz CT molecular complexity index is 528. The summed E-state index contributed by atoms with van der Waals surface area (Å²) >= 11 is 0. The number of aliphatic hydroxyl groups is 7. The van der Waals surface area contributed by atoms with Gasteiger partial charge in [0.25, 0.3) is 0 Å². The molecule has 0 spiro atoms. The predicted octanol–water partition coefficient (Wildman–Crippen LogP) is -4.19. The van der Waals surface area contributed by atoms with Gasteiger partial charge in [-0.25, -0.2) is 0 Å². The van der Waals surface area contributed by atoms with Crippen LogP contribution in [0.4, 0.5) is 0 Å². The van der Waals surface area contributed by atoms with E-state index in [0.29, 0.717) is 0 Å². The summed E-state index contributed by atoms with van der Waals surface area (Å²) in [7, 11) is 0. The van der Waals surface area contributed by atoms with Crippen LogP contribution >= 0.6 is 0 Å². The molecule has 28 heavy (non-hydrogen) atoms. The molecular formula is C16H28O12. The first-order valence-corrected chi connectivity index (χ1v) is 8.88. The maximum atomic E-state index is 11.8. The molecule has 12 heteroatoms. The van der Waals surface area contributed by atoms with Gasteiger partial charge >= 0.3 is 5.97 Å². The Labute approximate surface area is 160 Å². The van der Waals surface area contributed by atoms with Crippen LogP contribution < -0.4 is 0 Å². The smallest absolute Gasteiger partial charge is 0.308 e. The highest BCUT2D eigenvalue weighted by atomic mass is 16.8. The van der Waals surface area contributed by atoms with Gasteiger partial charge in [0.2, 0.25) is 5.79 Å². The average Bonchev–Trinajstić information content (AvgIpc) is 2.92. The zero-order valence-electron chi connectivity index (χ0n) is 15.5. The Morgan fingerprint density at radius 3 is 2.07 bits per heavy atom. The van der Waals surface area contributed by atoms with Crippen molar-refractivity contribution < 1.29 is 59.5 Å². The van der Waals surface area contributed by atoms with Gasteiger partial charge in [0.1, 0.15) is 43.2 Å². The van der Waals surface area contributed by atoms with Crippen LogP contribution in [0.2, 0.25) is 0 Å². The van der Waals surface area contributed by atoms with Crippen LogP contribution in [0, 0.1) is 5.92 Å². The fourth-order valence-electron chi connectivity index (χ4n) is 3.03. The zero-order chi connectivity index (χ0) is 21.2. The third kappa shape index (κ3) is 4.31. The van der Waals surface area contributed by atoms with Crippen molar-refractivity contribution in [2.75, 3.05) is 19.8 Å². The van der Waals surface area contributed by atoms with Gasteiger partial charge in [-0.3, -0.25) is 4.79 Å². The van der Waals surface area contributed by atoms with Crippen LogP contribution in [0.1, 0.15) is 13.8 Å². The van der Waals surface area contributed by atoms with Crippen LogP contribution in [0.15, 0.2) is 0 Å². The number of rotatable bonds is 7. The van der Waals surface area contributed by atoms with Crippen LogP contribution in [0.5, 0.6) is 0 Å². The van der Waals surface area contributed by atoms with Crippen molar-refractivity contribution in [1.29, 1.82) is 0 Å². The van der Waals surface area contributed by atoms with Crippen LogP contribution in [-0.2, 0) is 23.7 Å². The summed E-state index contributed by atoms with van der Waals surface area (Å²) in [5.41, 5.74) is 0. The van der Waals surface area contributed by atoms with Crippen LogP contribution in [0.3, 0.4) is 0 Å². The minimum Gasteiger partial charge on any atom is -0.456 e. The predicted molar refractivity (Wildman–Crippen MR) is 87.4 cm³/mol. The first kappa shape index (κ1) is 23.3. The molecule has 2 rings (SSSR count). The standard InChI is InChI=1S/C16H28O12/c1-6(2)14(24)26-12-8(4-18)25-15(11(22)10(12)21)28-16(5-19)13(23)9(20)7(3-17)27-16/h6-13,15,17-23H,3-5H2,1-2H3/t7-,8-,9-,10-,11-,12-,13+,15-,16?/m1/s1. The largest absolute Gasteiger partial charge is 0.456 e. The van der Waals surface area contributed by atoms with E-state index in [0.717, 1.165) is 0 Å². The molecular weight excluding hydrogens is 384 g/mol. The molecule has 2 aliphatic heterocycles. The van der Waals surface area contributed by atoms with Gasteiger partial charge in [-0.05, 0) is 0 Å². The lowest BCUT2D eigenvalue weighted by Crippen LogP contribution is -2.63. The summed E-state index contributed by atoms with van der Waals surface area (Å²) in [5.74, 6) is -3.48. The van der Waals surface area contributed by atoms with Crippen molar-refractivity contribution >= 4 is 5.97 Å². The molecule has 2 saturated heterocycles. The van der Waals surface area contributed by atoms with Crippen LogP contribution in [-0.4, -0.2) is 116 Å². The van der Waals surface area contributed by atoms with Gasteiger partial charge in [0, 0.05) is 0 Å². The van der Waals surface area contributed by atoms with Crippen molar-refractivity contribution in [2.24, 2.45) is 5.92 Å². The molecule has 0 radical (unpaired) electrons. The quantitative estimate of drug-likeness (QED) is 0.200. The van der Waals surface area contributed by atoms with Gasteiger partial charge in [0.15, 0.2) is 12.4 Å². The second-order valence-corrected chi connectivity index (χ2v) is 7.12. The van der Waals surface area contributed by atoms with Gasteiger partial charge in [-0.2, -0.15) is 0 Å². The summed E-state index contributed by atoms with van der Waals surface area (Å²) < 4.78 is 21.0. The van der Waals surface area contributed by atoms with E-state index in [-0.39, 0.29) is 0 Å². The molecule has 0 aliphatic carbocycles. The van der Waals surface area contributed by atoms with E-state index in [1.165, 1.54) is 0 Å². The van der Waals surface area contributed by atoms with Crippen molar-refractivity contribution in [1.82, 2.24) is 0 Å². The van der Waals surface area contributed by atoms with Crippen molar-refractivity contribution in [3.8, 4) is 0 Å². The van der Waals surface area contributed by atoms with Crippen molar-refractivity contribution in [2.45, 2.75) is 68.7 Å². The number of esters is 1. The Balaban J connectivity index is 2.18. The topological polar surface area (TPSA) is 196 Å². The molecule has 0 aromatic carbocycles. The van der Waals surface area contributed by atoms with E-state index in [1.807, 2.05) is 0 Å².